The van der Waals surface area contributed by atoms with Crippen LogP contribution in [0.3, 0.4) is 0 Å². The van der Waals surface area contributed by atoms with Crippen LogP contribution in [0.2, 0.25) is 0 Å². The van der Waals surface area contributed by atoms with Crippen LogP contribution in [0.1, 0.15) is 0 Å². The van der Waals surface area contributed by atoms with Crippen molar-refractivity contribution in [2.24, 2.45) is 0 Å². The molecule has 0 spiro atoms. The molecule has 0 radical (unpaired) electrons. The van der Waals surface area contributed by atoms with Gasteiger partial charge in [-0.05, 0) is 77.4 Å². The average Bonchev–Trinajstić information content (AvgIpc) is 3.97. The maximum atomic E-state index is 6.78. The smallest absolute Gasteiger partial charge is 0.167 e. The van der Waals surface area contributed by atoms with Crippen molar-refractivity contribution in [2.45, 2.75) is 0 Å². The third-order valence-electron chi connectivity index (χ3n) is 10.8. The number of hydrogen-bond donors (Lipinski definition) is 0. The van der Waals surface area contributed by atoms with Crippen LogP contribution in [0.15, 0.2) is 179 Å². The molecule has 0 amide bonds. The standard InChI is InChI=1S/C50H28N4O2S/c1-4-15-41-35(12-1)36-20-18-32(27-43(36)55-41)49-52-48(31-10-7-9-29(25-31)33-11-8-24-51-28-33)53-50(54-49)39-22-21-34(46-38-14-2-5-16-42(38)56-47(39)46)30-19-23-45-40(26-30)37-13-3-6-17-44(37)57-45/h1-28H. The molecule has 57 heavy (non-hydrogen) atoms. The highest BCUT2D eigenvalue weighted by Gasteiger charge is 2.22. The zero-order valence-corrected chi connectivity index (χ0v) is 31.0. The summed E-state index contributed by atoms with van der Waals surface area (Å²) in [7, 11) is 0. The summed E-state index contributed by atoms with van der Waals surface area (Å²) in [5.74, 6) is 1.60. The molecule has 0 fully saturated rings. The number of hydrogen-bond acceptors (Lipinski definition) is 7. The predicted octanol–water partition coefficient (Wildman–Crippen LogP) is 13.8. The zero-order chi connectivity index (χ0) is 37.5. The Morgan fingerprint density at radius 1 is 0.386 bits per heavy atom. The number of thiophene rings is 1. The molecule has 0 aliphatic carbocycles. The van der Waals surface area contributed by atoms with Gasteiger partial charge in [0.05, 0.1) is 5.56 Å². The van der Waals surface area contributed by atoms with E-state index < -0.39 is 0 Å². The van der Waals surface area contributed by atoms with Crippen LogP contribution < -0.4 is 0 Å². The normalized spacial score (nSPS) is 11.9. The fourth-order valence-electron chi connectivity index (χ4n) is 8.13. The largest absolute Gasteiger partial charge is 0.456 e. The fraction of sp³-hybridized carbons (Fsp3) is 0. The van der Waals surface area contributed by atoms with E-state index in [0.717, 1.165) is 82.8 Å². The Hall–Kier alpha value is -7.48. The first-order chi connectivity index (χ1) is 28.2. The van der Waals surface area contributed by atoms with Crippen molar-refractivity contribution >= 4 is 75.4 Å². The lowest BCUT2D eigenvalue weighted by molar-refractivity contribution is 0.668. The van der Waals surface area contributed by atoms with Crippen molar-refractivity contribution in [2.75, 3.05) is 0 Å². The Bertz CT molecular complexity index is 3550. The minimum absolute atomic E-state index is 0.515. The van der Waals surface area contributed by atoms with Crippen LogP contribution in [-0.2, 0) is 0 Å². The van der Waals surface area contributed by atoms with E-state index in [9.17, 15) is 0 Å². The number of aromatic nitrogens is 4. The molecule has 0 aliphatic rings. The Kier molecular flexibility index (Phi) is 7.00. The summed E-state index contributed by atoms with van der Waals surface area (Å²) in [5, 5.41) is 6.69. The lowest BCUT2D eigenvalue weighted by Gasteiger charge is -2.11. The molecule has 0 atom stereocenters. The van der Waals surface area contributed by atoms with Gasteiger partial charge in [-0.15, -0.1) is 11.3 Å². The summed E-state index contributed by atoms with van der Waals surface area (Å²) in [6.45, 7) is 0. The molecule has 0 unspecified atom stereocenters. The second kappa shape index (κ2) is 12.5. The van der Waals surface area contributed by atoms with E-state index in [-0.39, 0.29) is 0 Å². The molecule has 7 aromatic carbocycles. The average molecular weight is 749 g/mol. The van der Waals surface area contributed by atoms with E-state index in [4.69, 9.17) is 23.8 Å². The molecule has 5 heterocycles. The molecule has 5 aromatic heterocycles. The Morgan fingerprint density at radius 3 is 1.91 bits per heavy atom. The number of para-hydroxylation sites is 2. The summed E-state index contributed by atoms with van der Waals surface area (Å²) in [4.78, 5) is 19.9. The minimum Gasteiger partial charge on any atom is -0.456 e. The van der Waals surface area contributed by atoms with E-state index >= 15 is 0 Å². The van der Waals surface area contributed by atoms with Gasteiger partial charge < -0.3 is 8.83 Å². The van der Waals surface area contributed by atoms with Gasteiger partial charge in [0.2, 0.25) is 0 Å². The lowest BCUT2D eigenvalue weighted by Crippen LogP contribution is -2.00. The van der Waals surface area contributed by atoms with Crippen molar-refractivity contribution < 1.29 is 8.83 Å². The number of fused-ring (bicyclic) bond motifs is 9. The SMILES string of the molecule is c1cncc(-c2cccc(-c3nc(-c4ccc5c(c4)oc4ccccc45)nc(-c4ccc(-c5ccc6sc7ccccc7c6c5)c5c4oc4ccccc45)n3)c2)c1. The van der Waals surface area contributed by atoms with Gasteiger partial charge in [0.1, 0.15) is 22.3 Å². The molecule has 0 saturated carbocycles. The fourth-order valence-corrected chi connectivity index (χ4v) is 9.22. The van der Waals surface area contributed by atoms with E-state index in [1.165, 1.54) is 20.2 Å². The number of benzene rings is 7. The van der Waals surface area contributed by atoms with Crippen molar-refractivity contribution in [1.29, 1.82) is 0 Å². The van der Waals surface area contributed by atoms with Gasteiger partial charge in [-0.25, -0.2) is 15.0 Å². The second-order valence-electron chi connectivity index (χ2n) is 14.2. The van der Waals surface area contributed by atoms with Crippen molar-refractivity contribution in [3.8, 4) is 56.4 Å². The van der Waals surface area contributed by atoms with Gasteiger partial charge >= 0.3 is 0 Å². The van der Waals surface area contributed by atoms with Crippen LogP contribution in [-0.4, -0.2) is 19.9 Å². The van der Waals surface area contributed by atoms with Gasteiger partial charge in [0.15, 0.2) is 17.5 Å². The third-order valence-corrected chi connectivity index (χ3v) is 12.0. The Morgan fingerprint density at radius 2 is 1.05 bits per heavy atom. The van der Waals surface area contributed by atoms with Crippen LogP contribution in [0.5, 0.6) is 0 Å². The Labute approximate surface area is 329 Å². The van der Waals surface area contributed by atoms with Gasteiger partial charge in [0.25, 0.3) is 0 Å². The molecular weight excluding hydrogens is 721 g/mol. The highest BCUT2D eigenvalue weighted by Crippen LogP contribution is 2.44. The topological polar surface area (TPSA) is 77.8 Å². The molecule has 12 rings (SSSR count). The van der Waals surface area contributed by atoms with E-state index in [1.54, 1.807) is 6.20 Å². The maximum Gasteiger partial charge on any atom is 0.167 e. The van der Waals surface area contributed by atoms with E-state index in [2.05, 4.69) is 108 Å². The molecule has 7 heteroatoms. The zero-order valence-electron chi connectivity index (χ0n) is 30.2. The summed E-state index contributed by atoms with van der Waals surface area (Å²) in [6.07, 6.45) is 3.65. The first kappa shape index (κ1) is 31.8. The van der Waals surface area contributed by atoms with E-state index in [1.807, 2.05) is 72.1 Å². The van der Waals surface area contributed by atoms with Crippen LogP contribution >= 0.6 is 11.3 Å². The highest BCUT2D eigenvalue weighted by atomic mass is 32.1. The monoisotopic (exact) mass is 748 g/mol. The molecule has 0 N–H and O–H groups in total. The van der Waals surface area contributed by atoms with Crippen molar-refractivity contribution in [3.05, 3.63) is 170 Å². The molecule has 12 aromatic rings. The predicted molar refractivity (Wildman–Crippen MR) is 232 cm³/mol. The van der Waals surface area contributed by atoms with Gasteiger partial charge in [-0.1, -0.05) is 97.1 Å². The number of nitrogens with zero attached hydrogens (tertiary/aromatic N) is 4. The third kappa shape index (κ3) is 5.17. The van der Waals surface area contributed by atoms with Gasteiger partial charge in [-0.3, -0.25) is 4.98 Å². The molecule has 266 valence electrons. The minimum atomic E-state index is 0.515. The molecule has 0 saturated heterocycles. The number of pyridine rings is 1. The highest BCUT2D eigenvalue weighted by molar-refractivity contribution is 7.25. The first-order valence-electron chi connectivity index (χ1n) is 18.8. The number of rotatable bonds is 5. The Balaban J connectivity index is 1.09. The maximum absolute atomic E-state index is 6.78. The van der Waals surface area contributed by atoms with Crippen molar-refractivity contribution in [3.63, 3.8) is 0 Å². The summed E-state index contributed by atoms with van der Waals surface area (Å²) in [6, 6.07) is 54.4. The van der Waals surface area contributed by atoms with Crippen molar-refractivity contribution in [1.82, 2.24) is 19.9 Å². The number of furan rings is 2. The second-order valence-corrected chi connectivity index (χ2v) is 15.3. The summed E-state index contributed by atoms with van der Waals surface area (Å²) in [5.41, 5.74) is 9.85. The molecular formula is C50H28N4O2S. The summed E-state index contributed by atoms with van der Waals surface area (Å²) >= 11 is 1.82. The molecule has 0 aliphatic heterocycles. The quantitative estimate of drug-likeness (QED) is 0.174. The van der Waals surface area contributed by atoms with E-state index in [0.29, 0.717) is 17.5 Å². The first-order valence-corrected chi connectivity index (χ1v) is 19.6. The van der Waals surface area contributed by atoms with Crippen LogP contribution in [0.4, 0.5) is 0 Å². The van der Waals surface area contributed by atoms with Crippen LogP contribution in [0, 0.1) is 0 Å². The van der Waals surface area contributed by atoms with Gasteiger partial charge in [-0.2, -0.15) is 0 Å². The molecule has 0 bridgehead atoms. The summed E-state index contributed by atoms with van der Waals surface area (Å²) < 4.78 is 15.6. The lowest BCUT2D eigenvalue weighted by atomic mass is 9.96. The molecule has 6 nitrogen and oxygen atoms in total. The van der Waals surface area contributed by atoms with Crippen LogP contribution in [0.25, 0.3) is 120 Å². The van der Waals surface area contributed by atoms with Gasteiger partial charge in [0, 0.05) is 70.8 Å².